The molecule has 1 aromatic carbocycles. The molecule has 1 N–H and O–H groups in total. The zero-order valence-electron chi connectivity index (χ0n) is 12.3. The van der Waals surface area contributed by atoms with Gasteiger partial charge in [-0.3, -0.25) is 0 Å². The van der Waals surface area contributed by atoms with Crippen LogP contribution in [0.4, 0.5) is 5.69 Å². The highest BCUT2D eigenvalue weighted by molar-refractivity contribution is 5.47. The molecule has 4 heteroatoms. The van der Waals surface area contributed by atoms with Gasteiger partial charge in [0.05, 0.1) is 18.8 Å². The lowest BCUT2D eigenvalue weighted by Gasteiger charge is -2.06. The van der Waals surface area contributed by atoms with E-state index in [4.69, 9.17) is 4.74 Å². The molecule has 0 bridgehead atoms. The highest BCUT2D eigenvalue weighted by Crippen LogP contribution is 2.16. The molecule has 0 unspecified atom stereocenters. The summed E-state index contributed by atoms with van der Waals surface area (Å²) < 4.78 is 7.54. The third kappa shape index (κ3) is 2.99. The smallest absolute Gasteiger partial charge is 0.137 e. The third-order valence-electron chi connectivity index (χ3n) is 3.38. The predicted octanol–water partition coefficient (Wildman–Crippen LogP) is 3.65. The number of fused-ring (bicyclic) bond motifs is 1. The summed E-state index contributed by atoms with van der Waals surface area (Å²) in [7, 11) is 0. The fraction of sp³-hybridized carbons (Fsp3) is 0.235. The monoisotopic (exact) mass is 281 g/mol. The number of ether oxygens (including phenoxy) is 1. The van der Waals surface area contributed by atoms with Crippen LogP contribution in [0.5, 0.6) is 5.75 Å². The average molecular weight is 281 g/mol. The summed E-state index contributed by atoms with van der Waals surface area (Å²) in [6.07, 6.45) is 2.08. The molecular formula is C17H19N3O. The Morgan fingerprint density at radius 2 is 1.95 bits per heavy atom. The first kappa shape index (κ1) is 13.5. The van der Waals surface area contributed by atoms with Crippen LogP contribution in [-0.4, -0.2) is 16.0 Å². The van der Waals surface area contributed by atoms with Crippen LogP contribution < -0.4 is 10.1 Å². The molecule has 0 amide bonds. The van der Waals surface area contributed by atoms with Gasteiger partial charge in [0, 0.05) is 17.6 Å². The molecule has 21 heavy (non-hydrogen) atoms. The van der Waals surface area contributed by atoms with Crippen LogP contribution in [0.25, 0.3) is 5.65 Å². The molecule has 0 spiro atoms. The summed E-state index contributed by atoms with van der Waals surface area (Å²) in [6, 6.07) is 14.1. The van der Waals surface area contributed by atoms with E-state index in [1.54, 1.807) is 0 Å². The van der Waals surface area contributed by atoms with Crippen molar-refractivity contribution in [3.05, 3.63) is 60.0 Å². The number of aryl methyl sites for hydroxylation is 1. The Labute approximate surface area is 124 Å². The van der Waals surface area contributed by atoms with E-state index in [9.17, 15) is 0 Å². The molecule has 4 nitrogen and oxygen atoms in total. The SMILES string of the molecule is CCOc1ccc(NCc2cn3c(C)cccc3n2)cc1. The molecule has 0 saturated heterocycles. The van der Waals surface area contributed by atoms with Crippen LogP contribution in [0.1, 0.15) is 18.3 Å². The lowest BCUT2D eigenvalue weighted by molar-refractivity contribution is 0.340. The van der Waals surface area contributed by atoms with Gasteiger partial charge < -0.3 is 14.5 Å². The Balaban J connectivity index is 1.69. The van der Waals surface area contributed by atoms with Crippen molar-refractivity contribution >= 4 is 11.3 Å². The summed E-state index contributed by atoms with van der Waals surface area (Å²) in [6.45, 7) is 5.46. The maximum absolute atomic E-state index is 5.43. The Kier molecular flexibility index (Phi) is 3.77. The van der Waals surface area contributed by atoms with Gasteiger partial charge in [0.2, 0.25) is 0 Å². The number of aromatic nitrogens is 2. The van der Waals surface area contributed by atoms with E-state index in [2.05, 4.69) is 33.9 Å². The Morgan fingerprint density at radius 3 is 2.67 bits per heavy atom. The molecule has 0 fully saturated rings. The van der Waals surface area contributed by atoms with Gasteiger partial charge in [-0.2, -0.15) is 0 Å². The molecule has 3 rings (SSSR count). The number of nitrogens with one attached hydrogen (secondary N) is 1. The van der Waals surface area contributed by atoms with E-state index in [1.807, 2.05) is 43.3 Å². The molecule has 2 heterocycles. The van der Waals surface area contributed by atoms with Crippen molar-refractivity contribution in [3.8, 4) is 5.75 Å². The van der Waals surface area contributed by atoms with Gasteiger partial charge in [-0.25, -0.2) is 4.98 Å². The van der Waals surface area contributed by atoms with Gasteiger partial charge in [-0.15, -0.1) is 0 Å². The van der Waals surface area contributed by atoms with Gasteiger partial charge >= 0.3 is 0 Å². The predicted molar refractivity (Wildman–Crippen MR) is 84.9 cm³/mol. The molecule has 0 saturated carbocycles. The van der Waals surface area contributed by atoms with Gasteiger partial charge in [0.1, 0.15) is 11.4 Å². The number of hydrogen-bond acceptors (Lipinski definition) is 3. The van der Waals surface area contributed by atoms with Crippen LogP contribution in [-0.2, 0) is 6.54 Å². The molecular weight excluding hydrogens is 262 g/mol. The largest absolute Gasteiger partial charge is 0.494 e. The lowest BCUT2D eigenvalue weighted by Crippen LogP contribution is -1.99. The fourth-order valence-electron chi connectivity index (χ4n) is 2.31. The van der Waals surface area contributed by atoms with Crippen molar-refractivity contribution in [2.75, 3.05) is 11.9 Å². The number of rotatable bonds is 5. The van der Waals surface area contributed by atoms with E-state index in [0.717, 1.165) is 22.8 Å². The zero-order chi connectivity index (χ0) is 14.7. The highest BCUT2D eigenvalue weighted by Gasteiger charge is 2.03. The number of hydrogen-bond donors (Lipinski definition) is 1. The summed E-state index contributed by atoms with van der Waals surface area (Å²) in [5, 5.41) is 3.38. The Hall–Kier alpha value is -2.49. The molecule has 2 aromatic heterocycles. The molecule has 0 aliphatic carbocycles. The number of anilines is 1. The van der Waals surface area contributed by atoms with Crippen LogP contribution in [0.2, 0.25) is 0 Å². The molecule has 0 atom stereocenters. The molecule has 108 valence electrons. The highest BCUT2D eigenvalue weighted by atomic mass is 16.5. The number of imidazole rings is 1. The van der Waals surface area contributed by atoms with E-state index >= 15 is 0 Å². The minimum atomic E-state index is 0.688. The molecule has 0 radical (unpaired) electrons. The fourth-order valence-corrected chi connectivity index (χ4v) is 2.31. The molecule has 0 aliphatic heterocycles. The maximum atomic E-state index is 5.43. The van der Waals surface area contributed by atoms with Crippen LogP contribution in [0, 0.1) is 6.92 Å². The van der Waals surface area contributed by atoms with Crippen molar-refractivity contribution in [1.82, 2.24) is 9.38 Å². The minimum absolute atomic E-state index is 0.688. The maximum Gasteiger partial charge on any atom is 0.137 e. The number of nitrogens with zero attached hydrogens (tertiary/aromatic N) is 2. The first-order chi connectivity index (χ1) is 10.3. The van der Waals surface area contributed by atoms with Crippen molar-refractivity contribution in [2.24, 2.45) is 0 Å². The average Bonchev–Trinajstić information content (AvgIpc) is 2.91. The van der Waals surface area contributed by atoms with Gasteiger partial charge in [-0.05, 0) is 50.2 Å². The summed E-state index contributed by atoms with van der Waals surface area (Å²) in [4.78, 5) is 4.61. The standard InChI is InChI=1S/C17H19N3O/c1-3-21-16-9-7-14(8-10-16)18-11-15-12-20-13(2)5-4-6-17(20)19-15/h4-10,12,18H,3,11H2,1-2H3. The Bertz CT molecular complexity index is 731. The van der Waals surface area contributed by atoms with E-state index in [1.165, 1.54) is 5.69 Å². The van der Waals surface area contributed by atoms with Crippen molar-refractivity contribution in [2.45, 2.75) is 20.4 Å². The topological polar surface area (TPSA) is 38.6 Å². The first-order valence-corrected chi connectivity index (χ1v) is 7.16. The van der Waals surface area contributed by atoms with Gasteiger partial charge in [0.15, 0.2) is 0 Å². The van der Waals surface area contributed by atoms with Gasteiger partial charge in [0.25, 0.3) is 0 Å². The minimum Gasteiger partial charge on any atom is -0.494 e. The number of benzene rings is 1. The van der Waals surface area contributed by atoms with Crippen LogP contribution in [0.3, 0.4) is 0 Å². The van der Waals surface area contributed by atoms with Crippen molar-refractivity contribution in [3.63, 3.8) is 0 Å². The van der Waals surface area contributed by atoms with E-state index in [0.29, 0.717) is 13.2 Å². The third-order valence-corrected chi connectivity index (χ3v) is 3.38. The van der Waals surface area contributed by atoms with Crippen LogP contribution >= 0.6 is 0 Å². The molecule has 3 aromatic rings. The van der Waals surface area contributed by atoms with Crippen molar-refractivity contribution in [1.29, 1.82) is 0 Å². The Morgan fingerprint density at radius 1 is 1.14 bits per heavy atom. The second-order valence-electron chi connectivity index (χ2n) is 4.94. The lowest BCUT2D eigenvalue weighted by atomic mass is 10.3. The second kappa shape index (κ2) is 5.87. The quantitative estimate of drug-likeness (QED) is 0.775. The molecule has 0 aliphatic rings. The van der Waals surface area contributed by atoms with Crippen LogP contribution in [0.15, 0.2) is 48.7 Å². The number of pyridine rings is 1. The summed E-state index contributed by atoms with van der Waals surface area (Å²) >= 11 is 0. The van der Waals surface area contributed by atoms with Crippen molar-refractivity contribution < 1.29 is 4.74 Å². The summed E-state index contributed by atoms with van der Waals surface area (Å²) in [5.41, 5.74) is 4.26. The van der Waals surface area contributed by atoms with E-state index < -0.39 is 0 Å². The van der Waals surface area contributed by atoms with E-state index in [-0.39, 0.29) is 0 Å². The normalized spacial score (nSPS) is 10.8. The zero-order valence-corrected chi connectivity index (χ0v) is 12.3. The second-order valence-corrected chi connectivity index (χ2v) is 4.94. The first-order valence-electron chi connectivity index (χ1n) is 7.16. The van der Waals surface area contributed by atoms with Gasteiger partial charge in [-0.1, -0.05) is 6.07 Å². The summed E-state index contributed by atoms with van der Waals surface area (Å²) in [5.74, 6) is 0.895.